The highest BCUT2D eigenvalue weighted by molar-refractivity contribution is 7.85. The minimum absolute atomic E-state index is 0.0679. The molecule has 2 aromatic heterocycles. The lowest BCUT2D eigenvalue weighted by atomic mass is 9.96. The third-order valence-corrected chi connectivity index (χ3v) is 7.06. The summed E-state index contributed by atoms with van der Waals surface area (Å²) in [5, 5.41) is 13.5. The lowest BCUT2D eigenvalue weighted by molar-refractivity contribution is -0.129. The first kappa shape index (κ1) is 26.7. The summed E-state index contributed by atoms with van der Waals surface area (Å²) in [6.07, 6.45) is 4.52. The number of rotatable bonds is 7. The summed E-state index contributed by atoms with van der Waals surface area (Å²) in [5.74, 6) is 1.01. The van der Waals surface area contributed by atoms with Gasteiger partial charge in [0.25, 0.3) is 10.1 Å². The normalized spacial score (nSPS) is 14.8. The van der Waals surface area contributed by atoms with E-state index in [0.29, 0.717) is 22.4 Å². The summed E-state index contributed by atoms with van der Waals surface area (Å²) in [5.41, 5.74) is 4.63. The second-order valence-corrected chi connectivity index (χ2v) is 11.5. The SMILES string of the molecule is Cc1nnc2n1-c1ccc(-c3cnn(CC(=O)N(C)C)c3)cc1C(c1ccc(Cl)cc1)=NC2COS(C)(=O)=O. The average molecular weight is 568 g/mol. The summed E-state index contributed by atoms with van der Waals surface area (Å²) >= 11 is 6.17. The van der Waals surface area contributed by atoms with Gasteiger partial charge in [-0.2, -0.15) is 13.5 Å². The van der Waals surface area contributed by atoms with Crippen LogP contribution in [0.1, 0.15) is 28.8 Å². The summed E-state index contributed by atoms with van der Waals surface area (Å²) in [6.45, 7) is 1.71. The molecular formula is C26H26ClN7O4S. The fraction of sp³-hybridized carbons (Fsp3) is 0.269. The van der Waals surface area contributed by atoms with E-state index in [9.17, 15) is 13.2 Å². The third-order valence-electron chi connectivity index (χ3n) is 6.25. The van der Waals surface area contributed by atoms with Gasteiger partial charge in [-0.1, -0.05) is 29.8 Å². The van der Waals surface area contributed by atoms with E-state index >= 15 is 0 Å². The molecule has 1 amide bonds. The van der Waals surface area contributed by atoms with Crippen molar-refractivity contribution in [3.8, 4) is 16.8 Å². The van der Waals surface area contributed by atoms with Crippen molar-refractivity contribution in [2.75, 3.05) is 27.0 Å². The van der Waals surface area contributed by atoms with Gasteiger partial charge >= 0.3 is 0 Å². The fourth-order valence-electron chi connectivity index (χ4n) is 4.29. The maximum absolute atomic E-state index is 12.2. The summed E-state index contributed by atoms with van der Waals surface area (Å²) in [7, 11) is -0.320. The predicted molar refractivity (Wildman–Crippen MR) is 147 cm³/mol. The van der Waals surface area contributed by atoms with Gasteiger partial charge in [-0.15, -0.1) is 10.2 Å². The Morgan fingerprint density at radius 1 is 1.08 bits per heavy atom. The van der Waals surface area contributed by atoms with Crippen LogP contribution >= 0.6 is 11.6 Å². The molecule has 0 spiro atoms. The molecule has 0 saturated heterocycles. The molecule has 13 heteroatoms. The van der Waals surface area contributed by atoms with Crippen LogP contribution in [-0.4, -0.2) is 76.4 Å². The van der Waals surface area contributed by atoms with Gasteiger partial charge in [-0.25, -0.2) is 0 Å². The molecule has 11 nitrogen and oxygen atoms in total. The van der Waals surface area contributed by atoms with Gasteiger partial charge in [-0.05, 0) is 36.8 Å². The van der Waals surface area contributed by atoms with Crippen molar-refractivity contribution >= 4 is 33.3 Å². The molecule has 1 atom stereocenters. The number of carbonyl (C=O) groups excluding carboxylic acids is 1. The zero-order valence-electron chi connectivity index (χ0n) is 21.7. The highest BCUT2D eigenvalue weighted by Crippen LogP contribution is 2.34. The van der Waals surface area contributed by atoms with Crippen LogP contribution < -0.4 is 0 Å². The lowest BCUT2D eigenvalue weighted by Gasteiger charge is -2.14. The quantitative estimate of drug-likeness (QED) is 0.314. The average Bonchev–Trinajstić information content (AvgIpc) is 3.47. The molecule has 202 valence electrons. The predicted octanol–water partition coefficient (Wildman–Crippen LogP) is 3.05. The van der Waals surface area contributed by atoms with Crippen LogP contribution in [0, 0.1) is 6.92 Å². The van der Waals surface area contributed by atoms with Crippen molar-refractivity contribution in [3.63, 3.8) is 0 Å². The number of hydrogen-bond acceptors (Lipinski definition) is 8. The van der Waals surface area contributed by atoms with Crippen LogP contribution in [0.4, 0.5) is 0 Å². The number of aliphatic imine (C=N–C) groups is 1. The van der Waals surface area contributed by atoms with Crippen LogP contribution in [0.2, 0.25) is 5.02 Å². The molecule has 0 saturated carbocycles. The molecule has 2 aromatic carbocycles. The number of halogens is 1. The van der Waals surface area contributed by atoms with Crippen LogP contribution in [0.3, 0.4) is 0 Å². The number of carbonyl (C=O) groups is 1. The van der Waals surface area contributed by atoms with Crippen molar-refractivity contribution in [1.29, 1.82) is 0 Å². The van der Waals surface area contributed by atoms with Gasteiger partial charge in [0.15, 0.2) is 5.82 Å². The Balaban J connectivity index is 1.66. The molecule has 0 bridgehead atoms. The van der Waals surface area contributed by atoms with Gasteiger partial charge in [0.05, 0.1) is 30.5 Å². The van der Waals surface area contributed by atoms with Crippen molar-refractivity contribution < 1.29 is 17.4 Å². The molecular weight excluding hydrogens is 542 g/mol. The maximum Gasteiger partial charge on any atom is 0.264 e. The molecule has 0 radical (unpaired) electrons. The van der Waals surface area contributed by atoms with Crippen molar-refractivity contribution in [2.45, 2.75) is 19.5 Å². The van der Waals surface area contributed by atoms with Crippen molar-refractivity contribution in [3.05, 3.63) is 82.7 Å². The van der Waals surface area contributed by atoms with Crippen LogP contribution in [0.25, 0.3) is 16.8 Å². The molecule has 0 N–H and O–H groups in total. The second-order valence-electron chi connectivity index (χ2n) is 9.38. The molecule has 0 aliphatic carbocycles. The minimum Gasteiger partial charge on any atom is -0.347 e. The standard InChI is InChI=1S/C26H26ClN7O4S/c1-16-30-31-26-22(15-38-39(4,36)37)29-25(17-5-8-20(27)9-6-17)21-11-18(7-10-23(21)34(16)26)19-12-28-33(13-19)14-24(35)32(2)3/h5-13,22H,14-15H2,1-4H3. The smallest absolute Gasteiger partial charge is 0.264 e. The maximum atomic E-state index is 12.2. The zero-order chi connectivity index (χ0) is 27.9. The summed E-state index contributed by atoms with van der Waals surface area (Å²) < 4.78 is 32.3. The van der Waals surface area contributed by atoms with Gasteiger partial charge in [0.1, 0.15) is 18.4 Å². The highest BCUT2D eigenvalue weighted by atomic mass is 35.5. The Labute approximate surface area is 230 Å². The molecule has 1 unspecified atom stereocenters. The number of nitrogens with zero attached hydrogens (tertiary/aromatic N) is 7. The van der Waals surface area contributed by atoms with E-state index in [4.69, 9.17) is 20.8 Å². The second kappa shape index (κ2) is 10.4. The van der Waals surface area contributed by atoms with E-state index < -0.39 is 16.2 Å². The first-order valence-corrected chi connectivity index (χ1v) is 14.2. The largest absolute Gasteiger partial charge is 0.347 e. The minimum atomic E-state index is -3.72. The highest BCUT2D eigenvalue weighted by Gasteiger charge is 2.29. The van der Waals surface area contributed by atoms with E-state index in [1.54, 1.807) is 37.1 Å². The Morgan fingerprint density at radius 3 is 2.49 bits per heavy atom. The molecule has 3 heterocycles. The number of aromatic nitrogens is 5. The Morgan fingerprint density at radius 2 is 1.79 bits per heavy atom. The Hall–Kier alpha value is -3.87. The van der Waals surface area contributed by atoms with Crippen molar-refractivity contribution in [1.82, 2.24) is 29.4 Å². The number of fused-ring (bicyclic) bond motifs is 3. The summed E-state index contributed by atoms with van der Waals surface area (Å²) in [4.78, 5) is 18.6. The van der Waals surface area contributed by atoms with Gasteiger partial charge in [-0.3, -0.25) is 23.2 Å². The number of amides is 1. The number of hydrogen-bond donors (Lipinski definition) is 0. The number of likely N-dealkylation sites (N-methyl/N-ethyl adjacent to an activating group) is 1. The molecule has 1 aliphatic heterocycles. The Bertz CT molecular complexity index is 1690. The van der Waals surface area contributed by atoms with Gasteiger partial charge in [0, 0.05) is 42.0 Å². The van der Waals surface area contributed by atoms with E-state index in [1.165, 1.54) is 4.90 Å². The molecule has 4 aromatic rings. The lowest BCUT2D eigenvalue weighted by Crippen LogP contribution is -2.26. The van der Waals surface area contributed by atoms with E-state index in [2.05, 4.69) is 15.3 Å². The zero-order valence-corrected chi connectivity index (χ0v) is 23.3. The van der Waals surface area contributed by atoms with Crippen LogP contribution in [0.5, 0.6) is 0 Å². The van der Waals surface area contributed by atoms with Crippen LogP contribution in [-0.2, 0) is 25.6 Å². The first-order valence-electron chi connectivity index (χ1n) is 12.0. The third kappa shape index (κ3) is 5.63. The van der Waals surface area contributed by atoms with E-state index in [0.717, 1.165) is 34.2 Å². The molecule has 39 heavy (non-hydrogen) atoms. The van der Waals surface area contributed by atoms with Gasteiger partial charge < -0.3 is 4.90 Å². The van der Waals surface area contributed by atoms with Crippen LogP contribution in [0.15, 0.2) is 59.9 Å². The van der Waals surface area contributed by atoms with E-state index in [1.807, 2.05) is 48.0 Å². The topological polar surface area (TPSA) is 125 Å². The molecule has 5 rings (SSSR count). The monoisotopic (exact) mass is 567 g/mol. The summed E-state index contributed by atoms with van der Waals surface area (Å²) in [6, 6.07) is 12.4. The molecule has 0 fully saturated rings. The van der Waals surface area contributed by atoms with E-state index in [-0.39, 0.29) is 19.1 Å². The van der Waals surface area contributed by atoms with Crippen molar-refractivity contribution in [2.24, 2.45) is 4.99 Å². The van der Waals surface area contributed by atoms with Gasteiger partial charge in [0.2, 0.25) is 5.91 Å². The number of benzene rings is 2. The fourth-order valence-corrected chi connectivity index (χ4v) is 4.79. The first-order chi connectivity index (χ1) is 18.5. The number of aryl methyl sites for hydroxylation is 1. The molecule has 1 aliphatic rings. The Kier molecular flexibility index (Phi) is 7.10.